The lowest BCUT2D eigenvalue weighted by Crippen LogP contribution is -2.67. The quantitative estimate of drug-likeness (QED) is 0.165. The summed E-state index contributed by atoms with van der Waals surface area (Å²) in [6.07, 6.45) is -2.26. The molecular weight excluding hydrogens is 544 g/mol. The molecule has 1 N–H and O–H groups in total. The maximum Gasteiger partial charge on any atom is 0.330 e. The number of hydrogen-bond donors (Lipinski definition) is 1. The Kier molecular flexibility index (Phi) is 9.13. The molecule has 3 atom stereocenters. The van der Waals surface area contributed by atoms with Gasteiger partial charge < -0.3 is 13.9 Å². The van der Waals surface area contributed by atoms with Crippen LogP contribution < -0.4 is 21.6 Å². The summed E-state index contributed by atoms with van der Waals surface area (Å²) in [7, 11) is -2.96. The van der Waals surface area contributed by atoms with Crippen LogP contribution in [0.25, 0.3) is 20.9 Å². The predicted octanol–water partition coefficient (Wildman–Crippen LogP) is 4.00. The smallest absolute Gasteiger partial charge is 0.330 e. The van der Waals surface area contributed by atoms with Crippen molar-refractivity contribution < 1.29 is 13.9 Å². The van der Waals surface area contributed by atoms with Gasteiger partial charge in [0.25, 0.3) is 13.9 Å². The van der Waals surface area contributed by atoms with Gasteiger partial charge in [-0.15, -0.1) is 0 Å². The molecule has 1 saturated heterocycles. The first kappa shape index (κ1) is 29.8. The molecule has 0 spiro atoms. The van der Waals surface area contributed by atoms with Crippen molar-refractivity contribution in [2.24, 2.45) is 10.2 Å². The van der Waals surface area contributed by atoms with Gasteiger partial charge in [0.05, 0.1) is 12.7 Å². The fourth-order valence-electron chi connectivity index (χ4n) is 5.26. The Morgan fingerprint density at radius 3 is 2.12 bits per heavy atom. The van der Waals surface area contributed by atoms with Crippen LogP contribution in [0, 0.1) is 6.92 Å². The Labute approximate surface area is 237 Å². The van der Waals surface area contributed by atoms with Gasteiger partial charge in [-0.3, -0.25) is 14.3 Å². The number of aromatic amines is 1. The second-order valence-electron chi connectivity index (χ2n) is 10.7. The highest BCUT2D eigenvalue weighted by Gasteiger charge is 2.51. The van der Waals surface area contributed by atoms with Crippen LogP contribution in [0.4, 0.5) is 0 Å². The van der Waals surface area contributed by atoms with Gasteiger partial charge in [-0.2, -0.15) is 0 Å². The Bertz CT molecular complexity index is 1500. The molecular formula is C27H32N8O5Si. The first-order chi connectivity index (χ1) is 19.6. The lowest BCUT2D eigenvalue weighted by atomic mass is 10.2. The molecule has 0 unspecified atom stereocenters. The number of hydrogen-bond acceptors (Lipinski definition) is 7. The second kappa shape index (κ2) is 12.6. The van der Waals surface area contributed by atoms with Crippen molar-refractivity contribution in [3.63, 3.8) is 0 Å². The molecule has 214 valence electrons. The van der Waals surface area contributed by atoms with Crippen LogP contribution in [-0.2, 0) is 13.9 Å². The first-order valence-corrected chi connectivity index (χ1v) is 15.0. The maximum absolute atomic E-state index is 12.7. The van der Waals surface area contributed by atoms with Crippen LogP contribution in [0.15, 0.2) is 86.7 Å². The van der Waals surface area contributed by atoms with Gasteiger partial charge in [-0.1, -0.05) is 91.7 Å². The van der Waals surface area contributed by atoms with E-state index in [0.717, 1.165) is 10.4 Å². The molecule has 0 aliphatic carbocycles. The van der Waals surface area contributed by atoms with Gasteiger partial charge in [-0.05, 0) is 33.4 Å². The average molecular weight is 577 g/mol. The standard InChI is InChI=1S/C27H32N8O5Si/c1-18-16-35(26(37)30-24(18)36)23-15-21(40-25(31-33-28)32-34-29)22(39-23)17-38-41(27(2,3)4,19-11-7-5-8-12-19)20-13-9-6-10-14-20/h5-14,16,21-23,25H,15,17H2,1-4H3,(H,30,36,37)/t21-,22-,23-/m1/s1. The van der Waals surface area contributed by atoms with E-state index in [1.54, 1.807) is 6.92 Å². The Balaban J connectivity index is 1.75. The van der Waals surface area contributed by atoms with Crippen LogP contribution in [0.1, 0.15) is 39.0 Å². The zero-order valence-electron chi connectivity index (χ0n) is 23.2. The average Bonchev–Trinajstić information content (AvgIpc) is 3.34. The number of ether oxygens (including phenoxy) is 2. The summed E-state index contributed by atoms with van der Waals surface area (Å²) in [5, 5.41) is 8.69. The largest absolute Gasteiger partial charge is 0.405 e. The zero-order chi connectivity index (χ0) is 29.6. The highest BCUT2D eigenvalue weighted by Crippen LogP contribution is 2.38. The van der Waals surface area contributed by atoms with Crippen molar-refractivity contribution in [2.45, 2.75) is 63.9 Å². The molecule has 0 saturated carbocycles. The first-order valence-electron chi connectivity index (χ1n) is 13.1. The summed E-state index contributed by atoms with van der Waals surface area (Å²) in [6.45, 7) is 8.08. The number of nitrogens with one attached hydrogen (secondary N) is 1. The van der Waals surface area contributed by atoms with Gasteiger partial charge in [-0.25, -0.2) is 4.79 Å². The van der Waals surface area contributed by atoms with E-state index in [9.17, 15) is 9.59 Å². The number of aromatic nitrogens is 2. The lowest BCUT2D eigenvalue weighted by Gasteiger charge is -2.43. The molecule has 14 heteroatoms. The minimum absolute atomic E-state index is 0.0603. The van der Waals surface area contributed by atoms with Crippen LogP contribution in [0.5, 0.6) is 0 Å². The Hall–Kier alpha value is -4.16. The molecule has 1 aromatic heterocycles. The molecule has 41 heavy (non-hydrogen) atoms. The molecule has 1 fully saturated rings. The van der Waals surface area contributed by atoms with E-state index in [1.807, 2.05) is 36.4 Å². The van der Waals surface area contributed by atoms with E-state index < -0.39 is 44.4 Å². The SMILES string of the molecule is Cc1cn([C@H]2C[C@@H](OC(N=[N+]=[N-])N=[N+]=[N-])[C@@H](CO[Si](c3ccccc3)(c3ccccc3)C(C)(C)C)O2)c(=O)[nH]c1=O. The third kappa shape index (κ3) is 6.28. The van der Waals surface area contributed by atoms with Crippen molar-refractivity contribution in [1.29, 1.82) is 0 Å². The van der Waals surface area contributed by atoms with E-state index in [1.165, 1.54) is 10.8 Å². The summed E-state index contributed by atoms with van der Waals surface area (Å²) in [5.74, 6) is 0. The summed E-state index contributed by atoms with van der Waals surface area (Å²) < 4.78 is 20.5. The number of benzene rings is 2. The fraction of sp³-hybridized carbons (Fsp3) is 0.407. The van der Waals surface area contributed by atoms with E-state index >= 15 is 0 Å². The normalized spacial score (nSPS) is 19.7. The van der Waals surface area contributed by atoms with Gasteiger partial charge in [0.2, 0.25) is 6.35 Å². The molecule has 2 heterocycles. The maximum atomic E-state index is 12.7. The van der Waals surface area contributed by atoms with Crippen LogP contribution in [-0.4, -0.2) is 43.0 Å². The molecule has 0 radical (unpaired) electrons. The van der Waals surface area contributed by atoms with Crippen LogP contribution in [0.3, 0.4) is 0 Å². The zero-order valence-corrected chi connectivity index (χ0v) is 24.2. The minimum Gasteiger partial charge on any atom is -0.405 e. The molecule has 4 rings (SSSR count). The minimum atomic E-state index is -2.96. The van der Waals surface area contributed by atoms with Crippen molar-refractivity contribution in [1.82, 2.24) is 9.55 Å². The summed E-state index contributed by atoms with van der Waals surface area (Å²) >= 11 is 0. The summed E-state index contributed by atoms with van der Waals surface area (Å²) in [4.78, 5) is 32.3. The number of aryl methyl sites for hydroxylation is 1. The molecule has 0 bridgehead atoms. The third-order valence-corrected chi connectivity index (χ3v) is 12.1. The van der Waals surface area contributed by atoms with Crippen LogP contribution >= 0.6 is 0 Å². The van der Waals surface area contributed by atoms with Crippen molar-refractivity contribution in [3.05, 3.63) is 114 Å². The van der Waals surface area contributed by atoms with Gasteiger partial charge >= 0.3 is 5.69 Å². The molecule has 1 aliphatic heterocycles. The summed E-state index contributed by atoms with van der Waals surface area (Å²) in [5.41, 5.74) is 17.1. The highest BCUT2D eigenvalue weighted by molar-refractivity contribution is 6.99. The third-order valence-electron chi connectivity index (χ3n) is 7.11. The van der Waals surface area contributed by atoms with E-state index in [2.05, 4.69) is 70.1 Å². The second-order valence-corrected chi connectivity index (χ2v) is 15.0. The van der Waals surface area contributed by atoms with Gasteiger partial charge in [0.1, 0.15) is 12.3 Å². The van der Waals surface area contributed by atoms with Crippen molar-refractivity contribution in [2.75, 3.05) is 6.61 Å². The number of rotatable bonds is 10. The lowest BCUT2D eigenvalue weighted by molar-refractivity contribution is -0.0766. The number of nitrogens with zero attached hydrogens (tertiary/aromatic N) is 7. The number of H-pyrrole nitrogens is 1. The predicted molar refractivity (Wildman–Crippen MR) is 155 cm³/mol. The molecule has 13 nitrogen and oxygen atoms in total. The van der Waals surface area contributed by atoms with E-state index in [0.29, 0.717) is 5.56 Å². The van der Waals surface area contributed by atoms with Crippen LogP contribution in [0.2, 0.25) is 5.04 Å². The molecule has 0 amide bonds. The van der Waals surface area contributed by atoms with E-state index in [-0.39, 0.29) is 18.1 Å². The fourth-order valence-corrected chi connectivity index (χ4v) is 9.83. The van der Waals surface area contributed by atoms with Crippen molar-refractivity contribution >= 4 is 18.7 Å². The molecule has 3 aromatic rings. The van der Waals surface area contributed by atoms with Gasteiger partial charge in [0, 0.05) is 28.0 Å². The van der Waals surface area contributed by atoms with Crippen molar-refractivity contribution in [3.8, 4) is 0 Å². The highest BCUT2D eigenvalue weighted by atomic mass is 28.4. The topological polar surface area (TPSA) is 180 Å². The number of azide groups is 1. The Morgan fingerprint density at radius 1 is 1.05 bits per heavy atom. The Morgan fingerprint density at radius 2 is 1.61 bits per heavy atom. The molecule has 2 aromatic carbocycles. The van der Waals surface area contributed by atoms with E-state index in [4.69, 9.17) is 25.0 Å². The van der Waals surface area contributed by atoms with Gasteiger partial charge in [0.15, 0.2) is 0 Å². The summed E-state index contributed by atoms with van der Waals surface area (Å²) in [6, 6.07) is 20.1. The molecule has 1 aliphatic rings. The monoisotopic (exact) mass is 576 g/mol.